The van der Waals surface area contributed by atoms with Gasteiger partial charge >= 0.3 is 5.97 Å². The third-order valence-corrected chi connectivity index (χ3v) is 5.07. The smallest absolute Gasteiger partial charge is 0.323 e. The Morgan fingerprint density at radius 1 is 1.58 bits per heavy atom. The van der Waals surface area contributed by atoms with E-state index < -0.39 is 5.92 Å². The third kappa shape index (κ3) is 3.43. The van der Waals surface area contributed by atoms with Gasteiger partial charge in [0, 0.05) is 6.61 Å². The number of hydrogen-bond acceptors (Lipinski definition) is 5. The molecule has 0 radical (unpaired) electrons. The Bertz CT molecular complexity index is 355. The summed E-state index contributed by atoms with van der Waals surface area (Å²) in [5.41, 5.74) is -0.0875. The summed E-state index contributed by atoms with van der Waals surface area (Å²) in [6, 6.07) is 2.14. The Balaban J connectivity index is 2.03. The molecule has 0 aliphatic carbocycles. The highest BCUT2D eigenvalue weighted by Crippen LogP contribution is 2.42. The molecule has 0 aromatic rings. The molecule has 19 heavy (non-hydrogen) atoms. The van der Waals surface area contributed by atoms with Crippen molar-refractivity contribution in [3.8, 4) is 6.07 Å². The molecular weight excluding hydrogens is 262 g/mol. The molecule has 2 rings (SSSR count). The van der Waals surface area contributed by atoms with Crippen LogP contribution < -0.4 is 0 Å². The molecule has 4 nitrogen and oxygen atoms in total. The number of rotatable bonds is 3. The van der Waals surface area contributed by atoms with E-state index in [1.165, 1.54) is 0 Å². The van der Waals surface area contributed by atoms with Crippen molar-refractivity contribution in [2.75, 3.05) is 24.7 Å². The SMILES string of the molecule is CCOC(=O)C(C#N)C1CCOC2(CCSCC2)C1. The summed E-state index contributed by atoms with van der Waals surface area (Å²) in [6.45, 7) is 2.77. The lowest BCUT2D eigenvalue weighted by atomic mass is 9.76. The van der Waals surface area contributed by atoms with Gasteiger partial charge < -0.3 is 9.47 Å². The minimum absolute atomic E-state index is 0.0842. The molecule has 2 aliphatic rings. The number of hydrogen-bond donors (Lipinski definition) is 0. The van der Waals surface area contributed by atoms with Crippen LogP contribution in [0.3, 0.4) is 0 Å². The fourth-order valence-corrected chi connectivity index (χ4v) is 4.26. The van der Waals surface area contributed by atoms with Crippen LogP contribution in [0.1, 0.15) is 32.6 Å². The second-order valence-electron chi connectivity index (χ2n) is 5.26. The summed E-state index contributed by atoms with van der Waals surface area (Å²) in [4.78, 5) is 11.9. The van der Waals surface area contributed by atoms with Crippen LogP contribution in [0, 0.1) is 23.2 Å². The van der Waals surface area contributed by atoms with Gasteiger partial charge in [-0.1, -0.05) is 0 Å². The van der Waals surface area contributed by atoms with Gasteiger partial charge in [0.2, 0.25) is 0 Å². The molecule has 0 amide bonds. The maximum absolute atomic E-state index is 11.9. The third-order valence-electron chi connectivity index (χ3n) is 4.09. The van der Waals surface area contributed by atoms with E-state index in [2.05, 4.69) is 6.07 Å². The average Bonchev–Trinajstić information content (AvgIpc) is 2.41. The van der Waals surface area contributed by atoms with Gasteiger partial charge in [-0.15, -0.1) is 0 Å². The molecule has 0 aromatic heterocycles. The van der Waals surface area contributed by atoms with E-state index in [0.717, 1.165) is 37.2 Å². The molecule has 106 valence electrons. The molecule has 0 saturated carbocycles. The summed E-state index contributed by atoms with van der Waals surface area (Å²) >= 11 is 1.96. The Morgan fingerprint density at radius 2 is 2.32 bits per heavy atom. The summed E-state index contributed by atoms with van der Waals surface area (Å²) in [5, 5.41) is 9.27. The molecule has 5 heteroatoms. The molecule has 2 unspecified atom stereocenters. The van der Waals surface area contributed by atoms with Crippen LogP contribution in [0.15, 0.2) is 0 Å². The number of nitrogens with zero attached hydrogens (tertiary/aromatic N) is 1. The van der Waals surface area contributed by atoms with E-state index in [1.54, 1.807) is 6.92 Å². The fraction of sp³-hybridized carbons (Fsp3) is 0.857. The molecule has 2 saturated heterocycles. The highest BCUT2D eigenvalue weighted by Gasteiger charge is 2.43. The van der Waals surface area contributed by atoms with Gasteiger partial charge in [0.1, 0.15) is 5.92 Å². The lowest BCUT2D eigenvalue weighted by Gasteiger charge is -2.43. The molecule has 0 bridgehead atoms. The molecule has 0 N–H and O–H groups in total. The summed E-state index contributed by atoms with van der Waals surface area (Å²) in [6.07, 6.45) is 3.68. The van der Waals surface area contributed by atoms with Crippen molar-refractivity contribution in [2.24, 2.45) is 11.8 Å². The van der Waals surface area contributed by atoms with E-state index >= 15 is 0 Å². The summed E-state index contributed by atoms with van der Waals surface area (Å²) < 4.78 is 11.0. The lowest BCUT2D eigenvalue weighted by molar-refractivity contribution is -0.153. The van der Waals surface area contributed by atoms with Crippen LogP contribution in [0.2, 0.25) is 0 Å². The first kappa shape index (κ1) is 14.7. The summed E-state index contributed by atoms with van der Waals surface area (Å²) in [7, 11) is 0. The van der Waals surface area contributed by atoms with Crippen molar-refractivity contribution in [1.82, 2.24) is 0 Å². The zero-order chi connectivity index (χ0) is 13.7. The first-order chi connectivity index (χ1) is 9.21. The van der Waals surface area contributed by atoms with Crippen LogP contribution in [0.5, 0.6) is 0 Å². The van der Waals surface area contributed by atoms with E-state index in [0.29, 0.717) is 13.2 Å². The maximum Gasteiger partial charge on any atom is 0.323 e. The van der Waals surface area contributed by atoms with Crippen molar-refractivity contribution in [3.63, 3.8) is 0 Å². The van der Waals surface area contributed by atoms with Gasteiger partial charge in [-0.2, -0.15) is 17.0 Å². The number of thioether (sulfide) groups is 1. The molecule has 2 heterocycles. The van der Waals surface area contributed by atoms with Crippen molar-refractivity contribution >= 4 is 17.7 Å². The molecule has 0 aromatic carbocycles. The van der Waals surface area contributed by atoms with Crippen molar-refractivity contribution in [1.29, 1.82) is 5.26 Å². The van der Waals surface area contributed by atoms with Gasteiger partial charge in [0.05, 0.1) is 18.3 Å². The second kappa shape index (κ2) is 6.62. The van der Waals surface area contributed by atoms with Crippen molar-refractivity contribution in [2.45, 2.75) is 38.2 Å². The Morgan fingerprint density at radius 3 is 2.95 bits per heavy atom. The maximum atomic E-state index is 11.9. The van der Waals surface area contributed by atoms with E-state index in [9.17, 15) is 10.1 Å². The fourth-order valence-electron chi connectivity index (χ4n) is 3.02. The molecule has 2 fully saturated rings. The largest absolute Gasteiger partial charge is 0.465 e. The van der Waals surface area contributed by atoms with Gasteiger partial charge in [-0.05, 0) is 50.0 Å². The minimum Gasteiger partial charge on any atom is -0.465 e. The van der Waals surface area contributed by atoms with Gasteiger partial charge in [0.25, 0.3) is 0 Å². The van der Waals surface area contributed by atoms with E-state index in [-0.39, 0.29) is 17.5 Å². The molecular formula is C14H21NO3S. The van der Waals surface area contributed by atoms with Crippen molar-refractivity contribution < 1.29 is 14.3 Å². The highest BCUT2D eigenvalue weighted by molar-refractivity contribution is 7.99. The van der Waals surface area contributed by atoms with Gasteiger partial charge in [-0.3, -0.25) is 4.79 Å². The summed E-state index contributed by atoms with van der Waals surface area (Å²) in [5.74, 6) is 1.32. The predicted octanol–water partition coefficient (Wildman–Crippen LogP) is 2.38. The Kier molecular flexibility index (Phi) is 5.12. The molecule has 2 atom stereocenters. The lowest BCUT2D eigenvalue weighted by Crippen LogP contribution is -2.45. The number of ether oxygens (including phenoxy) is 2. The second-order valence-corrected chi connectivity index (χ2v) is 6.48. The van der Waals surface area contributed by atoms with Gasteiger partial charge in [-0.25, -0.2) is 0 Å². The highest BCUT2D eigenvalue weighted by atomic mass is 32.2. The van der Waals surface area contributed by atoms with Gasteiger partial charge in [0.15, 0.2) is 0 Å². The molecule has 2 aliphatic heterocycles. The van der Waals surface area contributed by atoms with Crippen LogP contribution in [0.4, 0.5) is 0 Å². The predicted molar refractivity (Wildman–Crippen MR) is 73.7 cm³/mol. The van der Waals surface area contributed by atoms with E-state index in [1.807, 2.05) is 11.8 Å². The minimum atomic E-state index is -0.629. The normalized spacial score (nSPS) is 27.5. The Hall–Kier alpha value is -0.730. The van der Waals surface area contributed by atoms with Crippen LogP contribution >= 0.6 is 11.8 Å². The number of esters is 1. The Labute approximate surface area is 118 Å². The van der Waals surface area contributed by atoms with Crippen LogP contribution in [0.25, 0.3) is 0 Å². The number of carbonyl (C=O) groups excluding carboxylic acids is 1. The first-order valence-electron chi connectivity index (χ1n) is 6.99. The zero-order valence-electron chi connectivity index (χ0n) is 11.4. The van der Waals surface area contributed by atoms with E-state index in [4.69, 9.17) is 9.47 Å². The monoisotopic (exact) mass is 283 g/mol. The average molecular weight is 283 g/mol. The van der Waals surface area contributed by atoms with Crippen LogP contribution in [-0.2, 0) is 14.3 Å². The standard InChI is InChI=1S/C14H21NO3S/c1-2-17-13(16)12(10-15)11-3-6-18-14(9-11)4-7-19-8-5-14/h11-12H,2-9H2,1H3. The quantitative estimate of drug-likeness (QED) is 0.744. The zero-order valence-corrected chi connectivity index (χ0v) is 12.2. The first-order valence-corrected chi connectivity index (χ1v) is 8.14. The van der Waals surface area contributed by atoms with Crippen LogP contribution in [-0.4, -0.2) is 36.3 Å². The number of carbonyl (C=O) groups is 1. The number of nitriles is 1. The topological polar surface area (TPSA) is 59.3 Å². The van der Waals surface area contributed by atoms with Crippen molar-refractivity contribution in [3.05, 3.63) is 0 Å². The molecule has 1 spiro atoms.